The van der Waals surface area contributed by atoms with Gasteiger partial charge in [-0.15, -0.1) is 0 Å². The zero-order valence-corrected chi connectivity index (χ0v) is 17.3. The second-order valence-corrected chi connectivity index (χ2v) is 8.68. The van der Waals surface area contributed by atoms with E-state index in [0.29, 0.717) is 5.92 Å². The van der Waals surface area contributed by atoms with Crippen molar-refractivity contribution in [1.82, 2.24) is 19.9 Å². The predicted molar refractivity (Wildman–Crippen MR) is 113 cm³/mol. The van der Waals surface area contributed by atoms with Gasteiger partial charge in [0.15, 0.2) is 11.4 Å². The Kier molecular flexibility index (Phi) is 4.87. The number of nitrogens with zero attached hydrogens (tertiary/aromatic N) is 5. The van der Waals surface area contributed by atoms with E-state index in [-0.39, 0.29) is 6.61 Å². The third-order valence-electron chi connectivity index (χ3n) is 6.23. The van der Waals surface area contributed by atoms with Gasteiger partial charge in [0.1, 0.15) is 11.8 Å². The number of rotatable bonds is 5. The lowest BCUT2D eigenvalue weighted by Gasteiger charge is -2.34. The summed E-state index contributed by atoms with van der Waals surface area (Å²) in [5.74, 6) is 1.44. The van der Waals surface area contributed by atoms with Crippen molar-refractivity contribution < 1.29 is 9.52 Å². The van der Waals surface area contributed by atoms with E-state index in [2.05, 4.69) is 33.6 Å². The zero-order chi connectivity index (χ0) is 20.0. The summed E-state index contributed by atoms with van der Waals surface area (Å²) in [7, 11) is 0. The van der Waals surface area contributed by atoms with Crippen molar-refractivity contribution in [3.05, 3.63) is 23.1 Å². The zero-order valence-electron chi connectivity index (χ0n) is 17.3. The van der Waals surface area contributed by atoms with E-state index in [1.54, 1.807) is 6.33 Å². The predicted octanol–water partition coefficient (Wildman–Crippen LogP) is 2.57. The Balaban J connectivity index is 1.59. The highest BCUT2D eigenvalue weighted by Gasteiger charge is 2.27. The number of aliphatic hydroxyl groups excluding tert-OH is 1. The molecule has 0 unspecified atom stereocenters. The van der Waals surface area contributed by atoms with E-state index in [1.807, 2.05) is 0 Å². The molecule has 2 aliphatic rings. The van der Waals surface area contributed by atoms with Crippen LogP contribution in [0.5, 0.6) is 0 Å². The molecule has 3 aromatic heterocycles. The van der Waals surface area contributed by atoms with Gasteiger partial charge >= 0.3 is 0 Å². The lowest BCUT2D eigenvalue weighted by molar-refractivity contribution is 0.188. The SMILES string of the molecule is CC(C)Cc1nc2oc3c(N4CCN(CCO)CC4)ncnc3c2c2c1CCC2. The maximum absolute atomic E-state index is 9.18. The fourth-order valence-corrected chi connectivity index (χ4v) is 4.87. The number of hydrogen-bond donors (Lipinski definition) is 1. The molecule has 7 heteroatoms. The number of pyridine rings is 1. The Hall–Kier alpha value is -2.25. The summed E-state index contributed by atoms with van der Waals surface area (Å²) in [5, 5.41) is 10.3. The fourth-order valence-electron chi connectivity index (χ4n) is 4.87. The Morgan fingerprint density at radius 2 is 1.90 bits per heavy atom. The molecular formula is C22H29N5O2. The molecule has 29 heavy (non-hydrogen) atoms. The minimum Gasteiger partial charge on any atom is -0.432 e. The molecule has 0 radical (unpaired) electrons. The number of aliphatic hydroxyl groups is 1. The first-order valence-electron chi connectivity index (χ1n) is 10.8. The molecule has 154 valence electrons. The molecule has 3 aromatic rings. The van der Waals surface area contributed by atoms with Gasteiger partial charge in [-0.25, -0.2) is 15.0 Å². The molecule has 4 heterocycles. The number of aromatic nitrogens is 3. The van der Waals surface area contributed by atoms with Crippen LogP contribution in [0.25, 0.3) is 22.2 Å². The first-order valence-corrected chi connectivity index (χ1v) is 10.8. The summed E-state index contributed by atoms with van der Waals surface area (Å²) in [6.07, 6.45) is 6.01. The average molecular weight is 396 g/mol. The molecule has 7 nitrogen and oxygen atoms in total. The van der Waals surface area contributed by atoms with E-state index in [0.717, 1.165) is 80.0 Å². The monoisotopic (exact) mass is 395 g/mol. The van der Waals surface area contributed by atoms with Gasteiger partial charge in [0, 0.05) is 38.4 Å². The Bertz CT molecular complexity index is 1040. The van der Waals surface area contributed by atoms with Gasteiger partial charge in [-0.3, -0.25) is 4.90 Å². The van der Waals surface area contributed by atoms with Crippen LogP contribution in [0.15, 0.2) is 10.7 Å². The van der Waals surface area contributed by atoms with Crippen LogP contribution in [0.2, 0.25) is 0 Å². The van der Waals surface area contributed by atoms with Crippen molar-refractivity contribution in [2.75, 3.05) is 44.2 Å². The summed E-state index contributed by atoms with van der Waals surface area (Å²) in [4.78, 5) is 18.7. The normalized spacial score (nSPS) is 17.7. The molecule has 1 N–H and O–H groups in total. The van der Waals surface area contributed by atoms with Crippen molar-refractivity contribution in [1.29, 1.82) is 0 Å². The second kappa shape index (κ2) is 7.54. The second-order valence-electron chi connectivity index (χ2n) is 8.68. The molecule has 1 saturated heterocycles. The smallest absolute Gasteiger partial charge is 0.229 e. The van der Waals surface area contributed by atoms with Crippen LogP contribution in [0, 0.1) is 5.92 Å². The standard InChI is InChI=1S/C22H29N5O2/c1-14(2)12-17-15-4-3-5-16(15)18-19-20(29-22(18)25-17)21(24-13-23-19)27-8-6-26(7-9-27)10-11-28/h13-14,28H,3-12H2,1-2H3. The molecule has 5 rings (SSSR count). The molecule has 1 aliphatic carbocycles. The molecule has 0 atom stereocenters. The van der Waals surface area contributed by atoms with Crippen LogP contribution >= 0.6 is 0 Å². The van der Waals surface area contributed by atoms with Gasteiger partial charge in [0.25, 0.3) is 0 Å². The van der Waals surface area contributed by atoms with E-state index in [1.165, 1.54) is 23.2 Å². The molecule has 0 amide bonds. The highest BCUT2D eigenvalue weighted by atomic mass is 16.3. The van der Waals surface area contributed by atoms with Gasteiger partial charge in [-0.2, -0.15) is 0 Å². The highest BCUT2D eigenvalue weighted by Crippen LogP contribution is 2.39. The quantitative estimate of drug-likeness (QED) is 0.711. The molecular weight excluding hydrogens is 366 g/mol. The van der Waals surface area contributed by atoms with Gasteiger partial charge in [0.2, 0.25) is 5.71 Å². The van der Waals surface area contributed by atoms with Crippen molar-refractivity contribution in [3.8, 4) is 0 Å². The minimum atomic E-state index is 0.205. The van der Waals surface area contributed by atoms with Crippen LogP contribution in [-0.2, 0) is 19.3 Å². The summed E-state index contributed by atoms with van der Waals surface area (Å²) in [6.45, 7) is 8.98. The summed E-state index contributed by atoms with van der Waals surface area (Å²) in [5.41, 5.74) is 6.41. The number of β-amino-alcohol motifs (C(OH)–C–C–N with tert-alkyl or cyclic N) is 1. The third-order valence-corrected chi connectivity index (χ3v) is 6.23. The lowest BCUT2D eigenvalue weighted by atomic mass is 9.99. The number of aryl methyl sites for hydroxylation is 1. The Labute approximate surface area is 170 Å². The third kappa shape index (κ3) is 3.26. The molecule has 0 aromatic carbocycles. The topological polar surface area (TPSA) is 78.5 Å². The Morgan fingerprint density at radius 1 is 1.10 bits per heavy atom. The van der Waals surface area contributed by atoms with Crippen molar-refractivity contribution in [2.24, 2.45) is 5.92 Å². The van der Waals surface area contributed by atoms with Crippen molar-refractivity contribution in [3.63, 3.8) is 0 Å². The molecule has 0 spiro atoms. The van der Waals surface area contributed by atoms with Gasteiger partial charge in [-0.1, -0.05) is 13.8 Å². The maximum Gasteiger partial charge on any atom is 0.229 e. The Morgan fingerprint density at radius 3 is 2.66 bits per heavy atom. The van der Waals surface area contributed by atoms with E-state index >= 15 is 0 Å². The number of piperazine rings is 1. The van der Waals surface area contributed by atoms with Crippen LogP contribution in [-0.4, -0.2) is 64.3 Å². The average Bonchev–Trinajstić information content (AvgIpc) is 3.32. The summed E-state index contributed by atoms with van der Waals surface area (Å²) < 4.78 is 6.33. The highest BCUT2D eigenvalue weighted by molar-refractivity contribution is 6.06. The fraction of sp³-hybridized carbons (Fsp3) is 0.591. The van der Waals surface area contributed by atoms with E-state index in [9.17, 15) is 5.11 Å². The largest absolute Gasteiger partial charge is 0.432 e. The summed E-state index contributed by atoms with van der Waals surface area (Å²) in [6, 6.07) is 0. The number of anilines is 1. The van der Waals surface area contributed by atoms with E-state index in [4.69, 9.17) is 9.40 Å². The van der Waals surface area contributed by atoms with Gasteiger partial charge in [-0.05, 0) is 42.7 Å². The van der Waals surface area contributed by atoms with Crippen molar-refractivity contribution >= 4 is 28.0 Å². The lowest BCUT2D eigenvalue weighted by Crippen LogP contribution is -2.47. The van der Waals surface area contributed by atoms with Crippen molar-refractivity contribution in [2.45, 2.75) is 39.5 Å². The first kappa shape index (κ1) is 18.8. The van der Waals surface area contributed by atoms with Gasteiger partial charge < -0.3 is 14.4 Å². The minimum absolute atomic E-state index is 0.205. The molecule has 1 aliphatic heterocycles. The van der Waals surface area contributed by atoms with Crippen LogP contribution in [0.4, 0.5) is 5.82 Å². The van der Waals surface area contributed by atoms with Crippen LogP contribution < -0.4 is 4.90 Å². The molecule has 0 saturated carbocycles. The number of hydrogen-bond acceptors (Lipinski definition) is 7. The molecule has 1 fully saturated rings. The number of fused-ring (bicyclic) bond motifs is 5. The maximum atomic E-state index is 9.18. The van der Waals surface area contributed by atoms with Crippen LogP contribution in [0.3, 0.4) is 0 Å². The van der Waals surface area contributed by atoms with E-state index < -0.39 is 0 Å². The van der Waals surface area contributed by atoms with Gasteiger partial charge in [0.05, 0.1) is 12.0 Å². The first-order chi connectivity index (χ1) is 14.2. The van der Waals surface area contributed by atoms with Crippen LogP contribution in [0.1, 0.15) is 37.1 Å². The summed E-state index contributed by atoms with van der Waals surface area (Å²) >= 11 is 0. The molecule has 0 bridgehead atoms. The number of furan rings is 1.